The number of carbonyl (C=O) groups excluding carboxylic acids is 1. The van der Waals surface area contributed by atoms with Gasteiger partial charge in [0.15, 0.2) is 0 Å². The number of anilines is 1. The molecule has 0 bridgehead atoms. The van der Waals surface area contributed by atoms with Crippen LogP contribution in [0.4, 0.5) is 41.2 Å². The molecule has 1 saturated heterocycles. The van der Waals surface area contributed by atoms with Crippen LogP contribution in [-0.2, 0) is 23.6 Å². The molecule has 0 spiro atoms. The molecule has 1 fully saturated rings. The van der Waals surface area contributed by atoms with Crippen molar-refractivity contribution in [3.63, 3.8) is 0 Å². The molecule has 0 aromatic heterocycles. The van der Waals surface area contributed by atoms with E-state index in [4.69, 9.17) is 15.2 Å². The third kappa shape index (κ3) is 6.06. The Morgan fingerprint density at radius 3 is 2.10 bits per heavy atom. The van der Waals surface area contributed by atoms with E-state index in [0.29, 0.717) is 40.1 Å². The Morgan fingerprint density at radius 2 is 1.56 bits per heavy atom. The van der Waals surface area contributed by atoms with Crippen LogP contribution in [0.15, 0.2) is 48.5 Å². The summed E-state index contributed by atoms with van der Waals surface area (Å²) in [5.41, 5.74) is 4.84. The molecular weight excluding hydrogens is 557 g/mol. The van der Waals surface area contributed by atoms with Gasteiger partial charge in [0.2, 0.25) is 0 Å². The maximum Gasteiger partial charge on any atom is 0.416 e. The van der Waals surface area contributed by atoms with Gasteiger partial charge in [0.1, 0.15) is 17.7 Å². The third-order valence-corrected chi connectivity index (χ3v) is 7.03. The fraction of sp³-hybridized carbons (Fsp3) is 0.345. The van der Waals surface area contributed by atoms with Crippen molar-refractivity contribution in [2.24, 2.45) is 0 Å². The van der Waals surface area contributed by atoms with Crippen molar-refractivity contribution < 1.29 is 45.0 Å². The highest BCUT2D eigenvalue weighted by atomic mass is 19.4. The number of nitrogens with zero attached hydrogens (tertiary/aromatic N) is 1. The van der Waals surface area contributed by atoms with Gasteiger partial charge in [-0.25, -0.2) is 9.18 Å². The molecule has 2 N–H and O–H groups in total. The molecule has 1 aliphatic heterocycles. The minimum absolute atomic E-state index is 0.0171. The maximum absolute atomic E-state index is 14.7. The predicted molar refractivity (Wildman–Crippen MR) is 138 cm³/mol. The van der Waals surface area contributed by atoms with Gasteiger partial charge in [0.05, 0.1) is 30.8 Å². The van der Waals surface area contributed by atoms with E-state index in [-0.39, 0.29) is 24.3 Å². The zero-order valence-corrected chi connectivity index (χ0v) is 22.5. The average Bonchev–Trinajstić information content (AvgIpc) is 3.15. The van der Waals surface area contributed by atoms with Gasteiger partial charge < -0.3 is 15.2 Å². The maximum atomic E-state index is 14.7. The molecule has 1 heterocycles. The summed E-state index contributed by atoms with van der Waals surface area (Å²) in [6, 6.07) is 7.89. The number of nitrogen functional groups attached to an aromatic ring is 1. The van der Waals surface area contributed by atoms with E-state index < -0.39 is 53.1 Å². The van der Waals surface area contributed by atoms with Crippen molar-refractivity contribution >= 4 is 11.8 Å². The number of methoxy groups -OCH3 is 1. The van der Waals surface area contributed by atoms with Gasteiger partial charge in [0.25, 0.3) is 0 Å². The molecule has 12 heteroatoms. The van der Waals surface area contributed by atoms with Gasteiger partial charge in [-0.15, -0.1) is 0 Å². The first-order valence-electron chi connectivity index (χ1n) is 12.5. The van der Waals surface area contributed by atoms with Crippen LogP contribution in [-0.4, -0.2) is 24.1 Å². The molecule has 220 valence electrons. The highest BCUT2D eigenvalue weighted by Crippen LogP contribution is 2.42. The van der Waals surface area contributed by atoms with Gasteiger partial charge in [-0.05, 0) is 71.5 Å². The van der Waals surface area contributed by atoms with Crippen molar-refractivity contribution in [2.75, 3.05) is 12.8 Å². The van der Waals surface area contributed by atoms with Gasteiger partial charge in [-0.3, -0.25) is 4.90 Å². The Kier molecular flexibility index (Phi) is 7.90. The lowest BCUT2D eigenvalue weighted by atomic mass is 9.92. The van der Waals surface area contributed by atoms with E-state index in [1.165, 1.54) is 25.0 Å². The lowest BCUT2D eigenvalue weighted by molar-refractivity contribution is -0.143. The van der Waals surface area contributed by atoms with Crippen LogP contribution < -0.4 is 10.5 Å². The molecule has 3 aromatic rings. The van der Waals surface area contributed by atoms with Crippen LogP contribution >= 0.6 is 0 Å². The monoisotopic (exact) mass is 584 g/mol. The second kappa shape index (κ2) is 10.8. The zero-order chi connectivity index (χ0) is 30.4. The number of halogens is 7. The number of rotatable bonds is 6. The molecule has 4 rings (SSSR count). The molecule has 0 saturated carbocycles. The fourth-order valence-electron chi connectivity index (χ4n) is 4.89. The summed E-state index contributed by atoms with van der Waals surface area (Å²) in [6.45, 7) is 4.95. The smallest absolute Gasteiger partial charge is 0.416 e. The summed E-state index contributed by atoms with van der Waals surface area (Å²) in [5, 5.41) is 0. The quantitative estimate of drug-likeness (QED) is 0.234. The number of cyclic esters (lactones) is 1. The highest BCUT2D eigenvalue weighted by molar-refractivity contribution is 5.77. The number of benzene rings is 3. The van der Waals surface area contributed by atoms with E-state index in [1.807, 2.05) is 13.8 Å². The van der Waals surface area contributed by atoms with E-state index in [0.717, 1.165) is 0 Å². The molecule has 1 amide bonds. The Bertz CT molecular complexity index is 1440. The van der Waals surface area contributed by atoms with Crippen molar-refractivity contribution in [1.82, 2.24) is 4.90 Å². The first-order chi connectivity index (χ1) is 19.0. The third-order valence-electron chi connectivity index (χ3n) is 7.03. The van der Waals surface area contributed by atoms with E-state index in [1.54, 1.807) is 24.3 Å². The predicted octanol–water partition coefficient (Wildman–Crippen LogP) is 8.33. The fourth-order valence-corrected chi connectivity index (χ4v) is 4.89. The highest BCUT2D eigenvalue weighted by Gasteiger charge is 2.43. The van der Waals surface area contributed by atoms with Gasteiger partial charge in [0, 0.05) is 17.3 Å². The second-order valence-electron chi connectivity index (χ2n) is 10.2. The number of amides is 1. The van der Waals surface area contributed by atoms with Crippen molar-refractivity contribution in [1.29, 1.82) is 0 Å². The molecule has 5 nitrogen and oxygen atoms in total. The molecule has 1 aliphatic rings. The number of carbonyl (C=O) groups is 1. The molecule has 3 aromatic carbocycles. The van der Waals surface area contributed by atoms with Crippen LogP contribution in [0.3, 0.4) is 0 Å². The number of hydrogen-bond donors (Lipinski definition) is 1. The first kappa shape index (κ1) is 30.0. The second-order valence-corrected chi connectivity index (χ2v) is 10.2. The molecule has 2 atom stereocenters. The van der Waals surface area contributed by atoms with Crippen LogP contribution in [0.5, 0.6) is 5.75 Å². The molecule has 0 radical (unpaired) electrons. The van der Waals surface area contributed by atoms with Gasteiger partial charge in [-0.1, -0.05) is 19.9 Å². The van der Waals surface area contributed by atoms with Crippen LogP contribution in [0.25, 0.3) is 11.1 Å². The van der Waals surface area contributed by atoms with Crippen LogP contribution in [0, 0.1) is 5.82 Å². The zero-order valence-electron chi connectivity index (χ0n) is 22.5. The minimum Gasteiger partial charge on any atom is -0.496 e. The Balaban J connectivity index is 1.75. The van der Waals surface area contributed by atoms with Crippen molar-refractivity contribution in [2.45, 2.75) is 57.7 Å². The summed E-state index contributed by atoms with van der Waals surface area (Å²) in [7, 11) is 1.37. The minimum atomic E-state index is -5.05. The average molecular weight is 585 g/mol. The van der Waals surface area contributed by atoms with Crippen LogP contribution in [0.1, 0.15) is 60.6 Å². The standard InChI is InChI=1S/C29H27F7N2O3/c1-14(2)22-11-23(25(40-4)12-24(22)30)21-6-5-20(37)9-17(21)13-38-15(3)26(41-27(38)39)16-7-18(28(31,32)33)10-19(8-16)29(34,35)36/h5-12,14-15,26H,13,37H2,1-4H3/t15-,26+/m1/s1. The molecule has 0 unspecified atom stereocenters. The Morgan fingerprint density at radius 1 is 0.951 bits per heavy atom. The van der Waals surface area contributed by atoms with Crippen molar-refractivity contribution in [3.05, 3.63) is 82.2 Å². The molecule has 0 aliphatic carbocycles. The van der Waals surface area contributed by atoms with Gasteiger partial charge in [-0.2, -0.15) is 26.3 Å². The first-order valence-corrected chi connectivity index (χ1v) is 12.5. The Hall–Kier alpha value is -3.96. The van der Waals surface area contributed by atoms with Crippen LogP contribution in [0.2, 0.25) is 0 Å². The Labute approximate surface area is 231 Å². The van der Waals surface area contributed by atoms with Gasteiger partial charge >= 0.3 is 18.4 Å². The summed E-state index contributed by atoms with van der Waals surface area (Å²) in [5.74, 6) is -0.409. The van der Waals surface area contributed by atoms with E-state index in [2.05, 4.69) is 0 Å². The lowest BCUT2D eigenvalue weighted by Crippen LogP contribution is -2.31. The normalized spacial score (nSPS) is 17.8. The molecular formula is C29H27F7N2O3. The topological polar surface area (TPSA) is 64.8 Å². The summed E-state index contributed by atoms with van der Waals surface area (Å²) < 4.78 is 106. The van der Waals surface area contributed by atoms with E-state index in [9.17, 15) is 35.5 Å². The summed E-state index contributed by atoms with van der Waals surface area (Å²) >= 11 is 0. The number of ether oxygens (including phenoxy) is 2. The number of hydrogen-bond acceptors (Lipinski definition) is 4. The summed E-state index contributed by atoms with van der Waals surface area (Å²) in [6.07, 6.45) is -12.5. The van der Waals surface area contributed by atoms with E-state index >= 15 is 0 Å². The lowest BCUT2D eigenvalue weighted by Gasteiger charge is -2.24. The van der Waals surface area contributed by atoms with Crippen molar-refractivity contribution in [3.8, 4) is 16.9 Å². The summed E-state index contributed by atoms with van der Waals surface area (Å²) in [4.78, 5) is 14.1. The number of nitrogens with two attached hydrogens (primary N) is 1. The SMILES string of the molecule is COc1cc(F)c(C(C)C)cc1-c1ccc(N)cc1CN1C(=O)O[C@H](c2cc(C(F)(F)F)cc(C(F)(F)F)c2)[C@H]1C. The molecule has 41 heavy (non-hydrogen) atoms. The number of alkyl halides is 6. The largest absolute Gasteiger partial charge is 0.496 e.